The van der Waals surface area contributed by atoms with Crippen LogP contribution >= 0.6 is 31.9 Å². The molecule has 2 aromatic rings. The van der Waals surface area contributed by atoms with Gasteiger partial charge < -0.3 is 5.73 Å². The lowest BCUT2D eigenvalue weighted by atomic mass is 10.0. The minimum absolute atomic E-state index is 0.151. The standard InChI is InChI=1S/C10H11Br2N5/c1-17-15-10(14-16-17)5-9(13)7-3-2-6(11)4-8(7)12/h2-4,9H,5,13H2,1H3. The van der Waals surface area contributed by atoms with Crippen molar-refractivity contribution in [3.63, 3.8) is 0 Å². The summed E-state index contributed by atoms with van der Waals surface area (Å²) in [6.07, 6.45) is 0.564. The van der Waals surface area contributed by atoms with Crippen LogP contribution in [0.25, 0.3) is 0 Å². The molecule has 0 saturated heterocycles. The van der Waals surface area contributed by atoms with Gasteiger partial charge in [-0.2, -0.15) is 4.80 Å². The van der Waals surface area contributed by atoms with Crippen molar-refractivity contribution in [1.82, 2.24) is 20.2 Å². The lowest BCUT2D eigenvalue weighted by Crippen LogP contribution is -2.15. The monoisotopic (exact) mass is 359 g/mol. The summed E-state index contributed by atoms with van der Waals surface area (Å²) in [5.41, 5.74) is 7.15. The van der Waals surface area contributed by atoms with E-state index < -0.39 is 0 Å². The van der Waals surface area contributed by atoms with Crippen molar-refractivity contribution in [3.8, 4) is 0 Å². The summed E-state index contributed by atoms with van der Waals surface area (Å²) < 4.78 is 1.99. The highest BCUT2D eigenvalue weighted by Gasteiger charge is 2.13. The maximum absolute atomic E-state index is 6.12. The normalized spacial score (nSPS) is 12.7. The van der Waals surface area contributed by atoms with Crippen LogP contribution in [0.2, 0.25) is 0 Å². The summed E-state index contributed by atoms with van der Waals surface area (Å²) >= 11 is 6.90. The fourth-order valence-electron chi connectivity index (χ4n) is 1.51. The zero-order valence-electron chi connectivity index (χ0n) is 9.14. The molecule has 1 aromatic heterocycles. The van der Waals surface area contributed by atoms with Gasteiger partial charge in [-0.15, -0.1) is 10.2 Å². The zero-order chi connectivity index (χ0) is 12.4. The van der Waals surface area contributed by atoms with Crippen LogP contribution in [0.15, 0.2) is 27.1 Å². The average Bonchev–Trinajstić information content (AvgIpc) is 2.63. The number of hydrogen-bond donors (Lipinski definition) is 1. The number of nitrogens with two attached hydrogens (primary N) is 1. The number of halogens is 2. The van der Waals surface area contributed by atoms with Crippen LogP contribution in [0.5, 0.6) is 0 Å². The van der Waals surface area contributed by atoms with Crippen LogP contribution in [-0.4, -0.2) is 20.2 Å². The highest BCUT2D eigenvalue weighted by atomic mass is 79.9. The molecule has 0 saturated carbocycles. The van der Waals surface area contributed by atoms with Crippen LogP contribution in [-0.2, 0) is 13.5 Å². The molecule has 1 unspecified atom stereocenters. The van der Waals surface area contributed by atoms with E-state index in [9.17, 15) is 0 Å². The van der Waals surface area contributed by atoms with Crippen molar-refractivity contribution in [2.24, 2.45) is 12.8 Å². The molecule has 0 bridgehead atoms. The molecule has 7 heteroatoms. The second kappa shape index (κ2) is 5.24. The Bertz CT molecular complexity index is 525. The number of hydrogen-bond acceptors (Lipinski definition) is 4. The molecule has 0 aliphatic rings. The van der Waals surface area contributed by atoms with E-state index in [1.54, 1.807) is 7.05 Å². The quantitative estimate of drug-likeness (QED) is 0.908. The van der Waals surface area contributed by atoms with Crippen LogP contribution in [0, 0.1) is 0 Å². The first kappa shape index (κ1) is 12.7. The van der Waals surface area contributed by atoms with Gasteiger partial charge in [-0.1, -0.05) is 37.9 Å². The number of nitrogens with zero attached hydrogens (tertiary/aromatic N) is 4. The predicted octanol–water partition coefficient (Wildman–Crippen LogP) is 1.98. The summed E-state index contributed by atoms with van der Waals surface area (Å²) in [5.74, 6) is 0.648. The number of aromatic nitrogens is 4. The fourth-order valence-corrected chi connectivity index (χ4v) is 2.86. The van der Waals surface area contributed by atoms with Crippen LogP contribution in [0.1, 0.15) is 17.4 Å². The molecule has 5 nitrogen and oxygen atoms in total. The Kier molecular flexibility index (Phi) is 3.90. The van der Waals surface area contributed by atoms with E-state index in [0.717, 1.165) is 14.5 Å². The summed E-state index contributed by atoms with van der Waals surface area (Å²) in [5, 5.41) is 11.8. The Hall–Kier alpha value is -0.790. The third kappa shape index (κ3) is 3.11. The van der Waals surface area contributed by atoms with Gasteiger partial charge in [0.15, 0.2) is 5.82 Å². The van der Waals surface area contributed by atoms with Gasteiger partial charge in [0, 0.05) is 21.4 Å². The number of benzene rings is 1. The van der Waals surface area contributed by atoms with Gasteiger partial charge in [-0.25, -0.2) is 0 Å². The molecule has 90 valence electrons. The number of tetrazole rings is 1. The largest absolute Gasteiger partial charge is 0.324 e. The fraction of sp³-hybridized carbons (Fsp3) is 0.300. The average molecular weight is 361 g/mol. The molecule has 17 heavy (non-hydrogen) atoms. The lowest BCUT2D eigenvalue weighted by Gasteiger charge is -2.12. The van der Waals surface area contributed by atoms with E-state index in [1.165, 1.54) is 4.80 Å². The van der Waals surface area contributed by atoms with Gasteiger partial charge in [-0.05, 0) is 22.9 Å². The van der Waals surface area contributed by atoms with Crippen molar-refractivity contribution in [2.45, 2.75) is 12.5 Å². The van der Waals surface area contributed by atoms with E-state index in [4.69, 9.17) is 5.73 Å². The van der Waals surface area contributed by atoms with Crippen molar-refractivity contribution < 1.29 is 0 Å². The summed E-state index contributed by atoms with van der Waals surface area (Å²) in [6, 6.07) is 5.76. The van der Waals surface area contributed by atoms with Gasteiger partial charge in [0.05, 0.1) is 7.05 Å². The molecule has 0 fully saturated rings. The first-order chi connectivity index (χ1) is 8.06. The second-order valence-corrected chi connectivity index (χ2v) is 5.44. The van der Waals surface area contributed by atoms with E-state index >= 15 is 0 Å². The molecule has 1 aromatic carbocycles. The Balaban J connectivity index is 2.17. The van der Waals surface area contributed by atoms with Crippen molar-refractivity contribution >= 4 is 31.9 Å². The first-order valence-electron chi connectivity index (χ1n) is 4.99. The second-order valence-electron chi connectivity index (χ2n) is 3.67. The molecule has 0 aliphatic carbocycles. The Morgan fingerprint density at radius 1 is 1.41 bits per heavy atom. The molecule has 1 heterocycles. The van der Waals surface area contributed by atoms with Crippen LogP contribution in [0.4, 0.5) is 0 Å². The number of rotatable bonds is 3. The third-order valence-corrected chi connectivity index (χ3v) is 3.49. The molecule has 0 aliphatic heterocycles. The van der Waals surface area contributed by atoms with Gasteiger partial charge in [0.25, 0.3) is 0 Å². The van der Waals surface area contributed by atoms with Crippen LogP contribution < -0.4 is 5.73 Å². The third-order valence-electron chi connectivity index (χ3n) is 2.31. The van der Waals surface area contributed by atoms with Crippen molar-refractivity contribution in [1.29, 1.82) is 0 Å². The molecule has 0 radical (unpaired) electrons. The summed E-state index contributed by atoms with van der Waals surface area (Å²) in [7, 11) is 1.73. The molecule has 2 N–H and O–H groups in total. The van der Waals surface area contributed by atoms with Gasteiger partial charge in [0.1, 0.15) is 0 Å². The Morgan fingerprint density at radius 2 is 2.18 bits per heavy atom. The topological polar surface area (TPSA) is 69.6 Å². The molecule has 1 atom stereocenters. The number of aryl methyl sites for hydroxylation is 1. The lowest BCUT2D eigenvalue weighted by molar-refractivity contribution is 0.622. The minimum atomic E-state index is -0.151. The predicted molar refractivity (Wildman–Crippen MR) is 71.3 cm³/mol. The smallest absolute Gasteiger partial charge is 0.176 e. The van der Waals surface area contributed by atoms with Gasteiger partial charge in [0.2, 0.25) is 0 Å². The van der Waals surface area contributed by atoms with E-state index in [2.05, 4.69) is 47.3 Å². The molecule has 2 rings (SSSR count). The minimum Gasteiger partial charge on any atom is -0.324 e. The van der Waals surface area contributed by atoms with Gasteiger partial charge >= 0.3 is 0 Å². The van der Waals surface area contributed by atoms with Crippen LogP contribution in [0.3, 0.4) is 0 Å². The first-order valence-corrected chi connectivity index (χ1v) is 6.58. The molecular formula is C10H11Br2N5. The van der Waals surface area contributed by atoms with Crippen molar-refractivity contribution in [3.05, 3.63) is 38.5 Å². The van der Waals surface area contributed by atoms with E-state index in [1.807, 2.05) is 18.2 Å². The summed E-state index contributed by atoms with van der Waals surface area (Å²) in [4.78, 5) is 1.43. The van der Waals surface area contributed by atoms with E-state index in [-0.39, 0.29) is 6.04 Å². The molecule has 0 spiro atoms. The molecule has 0 amide bonds. The highest BCUT2D eigenvalue weighted by Crippen LogP contribution is 2.26. The maximum Gasteiger partial charge on any atom is 0.176 e. The molecular weight excluding hydrogens is 350 g/mol. The maximum atomic E-state index is 6.12. The Labute approximate surface area is 116 Å². The Morgan fingerprint density at radius 3 is 2.76 bits per heavy atom. The highest BCUT2D eigenvalue weighted by molar-refractivity contribution is 9.11. The van der Waals surface area contributed by atoms with Gasteiger partial charge in [-0.3, -0.25) is 0 Å². The van der Waals surface area contributed by atoms with E-state index in [0.29, 0.717) is 12.2 Å². The summed E-state index contributed by atoms with van der Waals surface area (Å²) in [6.45, 7) is 0. The SMILES string of the molecule is Cn1nnc(CC(N)c2ccc(Br)cc2Br)n1. The van der Waals surface area contributed by atoms with Crippen molar-refractivity contribution in [2.75, 3.05) is 0 Å². The zero-order valence-corrected chi connectivity index (χ0v) is 12.3.